The predicted octanol–water partition coefficient (Wildman–Crippen LogP) is 4.50. The summed E-state index contributed by atoms with van der Waals surface area (Å²) < 4.78 is 26.6. The molecule has 0 aromatic heterocycles. The quantitative estimate of drug-likeness (QED) is 0.841. The molecule has 0 amide bonds. The van der Waals surface area contributed by atoms with Crippen molar-refractivity contribution in [3.05, 3.63) is 59.7 Å². The van der Waals surface area contributed by atoms with E-state index in [1.807, 2.05) is 43.0 Å². The van der Waals surface area contributed by atoms with E-state index in [2.05, 4.69) is 5.32 Å². The zero-order valence-electron chi connectivity index (χ0n) is 11.9. The lowest BCUT2D eigenvalue weighted by Crippen LogP contribution is -2.35. The van der Waals surface area contributed by atoms with E-state index in [1.165, 1.54) is 12.1 Å². The Kier molecular flexibility index (Phi) is 4.85. The van der Waals surface area contributed by atoms with E-state index >= 15 is 0 Å². The summed E-state index contributed by atoms with van der Waals surface area (Å²) in [5, 5.41) is 3.20. The van der Waals surface area contributed by atoms with Gasteiger partial charge in [-0.15, -0.1) is 0 Å². The molecular weight excluding hydrogens is 290 g/mol. The first-order chi connectivity index (χ1) is 10.0. The number of anilines is 2. The summed E-state index contributed by atoms with van der Waals surface area (Å²) in [6.07, 6.45) is 0. The normalized spacial score (nSPS) is 10.3. The highest BCUT2D eigenvalue weighted by molar-refractivity contribution is 7.80. The number of thiocarbonyl (C=S) groups is 1. The molecular formula is C16H16F2N2S. The van der Waals surface area contributed by atoms with Crippen molar-refractivity contribution in [3.63, 3.8) is 0 Å². The Morgan fingerprint density at radius 1 is 1.19 bits per heavy atom. The molecule has 0 aliphatic carbocycles. The Hall–Kier alpha value is -2.01. The smallest absolute Gasteiger partial charge is 0.178 e. The maximum atomic E-state index is 13.7. The van der Waals surface area contributed by atoms with Gasteiger partial charge in [0.05, 0.1) is 5.69 Å². The number of para-hydroxylation sites is 1. The van der Waals surface area contributed by atoms with Crippen LogP contribution in [0.4, 0.5) is 20.2 Å². The van der Waals surface area contributed by atoms with Gasteiger partial charge >= 0.3 is 0 Å². The third-order valence-electron chi connectivity index (χ3n) is 3.14. The van der Waals surface area contributed by atoms with Crippen LogP contribution in [0.1, 0.15) is 12.5 Å². The molecule has 21 heavy (non-hydrogen) atoms. The molecule has 2 rings (SSSR count). The standard InChI is InChI=1S/C16H16F2N2S/c1-3-20(15-7-5-4-6-11(15)2)16(21)19-14-9-8-12(17)10-13(14)18/h4-10H,3H2,1-2H3,(H,19,21). The van der Waals surface area contributed by atoms with Gasteiger partial charge in [-0.3, -0.25) is 0 Å². The average molecular weight is 306 g/mol. The van der Waals surface area contributed by atoms with Gasteiger partial charge < -0.3 is 10.2 Å². The topological polar surface area (TPSA) is 15.3 Å². The highest BCUT2D eigenvalue weighted by Crippen LogP contribution is 2.21. The third kappa shape index (κ3) is 3.55. The molecule has 2 aromatic rings. The molecule has 5 heteroatoms. The minimum atomic E-state index is -0.668. The highest BCUT2D eigenvalue weighted by atomic mass is 32.1. The van der Waals surface area contributed by atoms with Gasteiger partial charge in [0.25, 0.3) is 0 Å². The summed E-state index contributed by atoms with van der Waals surface area (Å²) in [6, 6.07) is 11.2. The van der Waals surface area contributed by atoms with Crippen molar-refractivity contribution in [2.24, 2.45) is 0 Å². The molecule has 0 aliphatic rings. The van der Waals surface area contributed by atoms with Crippen molar-refractivity contribution in [1.82, 2.24) is 0 Å². The molecule has 0 atom stereocenters. The van der Waals surface area contributed by atoms with E-state index in [0.717, 1.165) is 17.3 Å². The van der Waals surface area contributed by atoms with Gasteiger partial charge in [-0.25, -0.2) is 8.78 Å². The summed E-state index contributed by atoms with van der Waals surface area (Å²) in [4.78, 5) is 1.87. The van der Waals surface area contributed by atoms with Gasteiger partial charge in [0, 0.05) is 18.3 Å². The van der Waals surface area contributed by atoms with Gasteiger partial charge in [-0.2, -0.15) is 0 Å². The number of hydrogen-bond donors (Lipinski definition) is 1. The van der Waals surface area contributed by atoms with E-state index < -0.39 is 11.6 Å². The van der Waals surface area contributed by atoms with Gasteiger partial charge in [0.1, 0.15) is 11.6 Å². The Labute approximate surface area is 128 Å². The number of hydrogen-bond acceptors (Lipinski definition) is 1. The summed E-state index contributed by atoms with van der Waals surface area (Å²) in [5.41, 5.74) is 2.19. The van der Waals surface area contributed by atoms with Crippen molar-refractivity contribution < 1.29 is 8.78 Å². The van der Waals surface area contributed by atoms with Crippen molar-refractivity contribution in [2.45, 2.75) is 13.8 Å². The fourth-order valence-corrected chi connectivity index (χ4v) is 2.40. The zero-order valence-corrected chi connectivity index (χ0v) is 12.7. The van der Waals surface area contributed by atoms with Crippen LogP contribution in [0.2, 0.25) is 0 Å². The number of rotatable bonds is 3. The Morgan fingerprint density at radius 3 is 2.52 bits per heavy atom. The SMILES string of the molecule is CCN(C(=S)Nc1ccc(F)cc1F)c1ccccc1C. The minimum Gasteiger partial charge on any atom is -0.330 e. The van der Waals surface area contributed by atoms with Crippen molar-refractivity contribution >= 4 is 28.7 Å². The monoisotopic (exact) mass is 306 g/mol. The molecule has 0 fully saturated rings. The van der Waals surface area contributed by atoms with E-state index in [1.54, 1.807) is 0 Å². The Bertz CT molecular complexity index is 658. The molecule has 0 bridgehead atoms. The number of aryl methyl sites for hydroxylation is 1. The Balaban J connectivity index is 2.23. The van der Waals surface area contributed by atoms with Gasteiger partial charge in [-0.1, -0.05) is 18.2 Å². The molecule has 0 spiro atoms. The average Bonchev–Trinajstić information content (AvgIpc) is 2.45. The van der Waals surface area contributed by atoms with Crippen LogP contribution in [0.15, 0.2) is 42.5 Å². The minimum absolute atomic E-state index is 0.161. The first kappa shape index (κ1) is 15.4. The molecule has 0 radical (unpaired) electrons. The molecule has 0 unspecified atom stereocenters. The number of nitrogens with one attached hydrogen (secondary N) is 1. The lowest BCUT2D eigenvalue weighted by molar-refractivity contribution is 0.586. The first-order valence-corrected chi connectivity index (χ1v) is 7.03. The molecule has 2 nitrogen and oxygen atoms in total. The first-order valence-electron chi connectivity index (χ1n) is 6.62. The van der Waals surface area contributed by atoms with E-state index in [9.17, 15) is 8.78 Å². The molecule has 0 heterocycles. The summed E-state index contributed by atoms with van der Waals surface area (Å²) >= 11 is 5.35. The lowest BCUT2D eigenvalue weighted by atomic mass is 10.2. The Morgan fingerprint density at radius 2 is 1.90 bits per heavy atom. The van der Waals surface area contributed by atoms with E-state index in [4.69, 9.17) is 12.2 Å². The van der Waals surface area contributed by atoms with Crippen LogP contribution in [0.5, 0.6) is 0 Å². The number of benzene rings is 2. The van der Waals surface area contributed by atoms with Gasteiger partial charge in [-0.05, 0) is 49.8 Å². The molecule has 0 saturated heterocycles. The van der Waals surface area contributed by atoms with Crippen LogP contribution < -0.4 is 10.2 Å². The van der Waals surface area contributed by atoms with Crippen molar-refractivity contribution in [1.29, 1.82) is 0 Å². The molecule has 0 aliphatic heterocycles. The van der Waals surface area contributed by atoms with Crippen LogP contribution in [0.3, 0.4) is 0 Å². The number of halogens is 2. The van der Waals surface area contributed by atoms with Gasteiger partial charge in [0.15, 0.2) is 5.11 Å². The maximum absolute atomic E-state index is 13.7. The second-order valence-corrected chi connectivity index (χ2v) is 4.97. The second-order valence-electron chi connectivity index (χ2n) is 4.59. The lowest BCUT2D eigenvalue weighted by Gasteiger charge is -2.26. The summed E-state index contributed by atoms with van der Waals surface area (Å²) in [7, 11) is 0. The van der Waals surface area contributed by atoms with E-state index in [-0.39, 0.29) is 5.69 Å². The second kappa shape index (κ2) is 6.63. The third-order valence-corrected chi connectivity index (χ3v) is 3.46. The fraction of sp³-hybridized carbons (Fsp3) is 0.188. The van der Waals surface area contributed by atoms with Crippen LogP contribution in [0.25, 0.3) is 0 Å². The zero-order chi connectivity index (χ0) is 15.4. The van der Waals surface area contributed by atoms with Gasteiger partial charge in [0.2, 0.25) is 0 Å². The summed E-state index contributed by atoms with van der Waals surface area (Å²) in [5.74, 6) is -1.28. The van der Waals surface area contributed by atoms with Crippen LogP contribution >= 0.6 is 12.2 Å². The van der Waals surface area contributed by atoms with Crippen molar-refractivity contribution in [3.8, 4) is 0 Å². The highest BCUT2D eigenvalue weighted by Gasteiger charge is 2.14. The predicted molar refractivity (Wildman–Crippen MR) is 86.8 cm³/mol. The van der Waals surface area contributed by atoms with Crippen LogP contribution in [-0.4, -0.2) is 11.7 Å². The van der Waals surface area contributed by atoms with Crippen LogP contribution in [0, 0.1) is 18.6 Å². The van der Waals surface area contributed by atoms with Crippen molar-refractivity contribution in [2.75, 3.05) is 16.8 Å². The molecule has 110 valence electrons. The summed E-state index contributed by atoms with van der Waals surface area (Å²) in [6.45, 7) is 4.58. The molecule has 2 aromatic carbocycles. The fourth-order valence-electron chi connectivity index (χ4n) is 2.06. The van der Waals surface area contributed by atoms with Crippen LogP contribution in [-0.2, 0) is 0 Å². The molecule has 1 N–H and O–H groups in total. The number of nitrogens with zero attached hydrogens (tertiary/aromatic N) is 1. The molecule has 0 saturated carbocycles. The largest absolute Gasteiger partial charge is 0.330 e. The maximum Gasteiger partial charge on any atom is 0.178 e. The van der Waals surface area contributed by atoms with E-state index in [0.29, 0.717) is 11.7 Å².